The average molecular weight is 156 g/mol. The second kappa shape index (κ2) is 2.44. The predicted octanol–water partition coefficient (Wildman–Crippen LogP) is 0.407. The molecule has 0 aromatic heterocycles. The predicted molar refractivity (Wildman–Crippen MR) is 42.8 cm³/mol. The van der Waals surface area contributed by atoms with Crippen LogP contribution in [0.1, 0.15) is 25.7 Å². The van der Waals surface area contributed by atoms with E-state index in [9.17, 15) is 0 Å². The molecule has 3 nitrogen and oxygen atoms in total. The molecule has 3 N–H and O–H groups in total. The van der Waals surface area contributed by atoms with Crippen molar-refractivity contribution in [2.75, 3.05) is 7.11 Å². The van der Waals surface area contributed by atoms with Gasteiger partial charge in [0.25, 0.3) is 0 Å². The summed E-state index contributed by atoms with van der Waals surface area (Å²) in [6.45, 7) is 0. The SMILES string of the molecule is COC1CC(NN)C12CCC2. The molecule has 2 aliphatic rings. The molecule has 1 spiro atoms. The van der Waals surface area contributed by atoms with Gasteiger partial charge in [-0.05, 0) is 19.3 Å². The third-order valence-corrected chi connectivity index (χ3v) is 3.56. The van der Waals surface area contributed by atoms with Crippen LogP contribution < -0.4 is 11.3 Å². The first-order valence-electron chi connectivity index (χ1n) is 4.32. The first-order chi connectivity index (χ1) is 5.33. The third-order valence-electron chi connectivity index (χ3n) is 3.56. The maximum Gasteiger partial charge on any atom is 0.0658 e. The molecule has 0 aromatic rings. The largest absolute Gasteiger partial charge is 0.381 e. The van der Waals surface area contributed by atoms with Crippen molar-refractivity contribution in [3.8, 4) is 0 Å². The zero-order chi connectivity index (χ0) is 7.90. The molecule has 0 aromatic carbocycles. The molecule has 2 fully saturated rings. The number of rotatable bonds is 2. The monoisotopic (exact) mass is 156 g/mol. The Balaban J connectivity index is 2.01. The summed E-state index contributed by atoms with van der Waals surface area (Å²) >= 11 is 0. The van der Waals surface area contributed by atoms with E-state index in [1.165, 1.54) is 19.3 Å². The van der Waals surface area contributed by atoms with Crippen LogP contribution in [0.2, 0.25) is 0 Å². The Bertz CT molecular complexity index is 144. The number of nitrogens with one attached hydrogen (secondary N) is 1. The number of nitrogens with two attached hydrogens (primary N) is 1. The summed E-state index contributed by atoms with van der Waals surface area (Å²) < 4.78 is 5.38. The van der Waals surface area contributed by atoms with Gasteiger partial charge in [-0.25, -0.2) is 0 Å². The van der Waals surface area contributed by atoms with Crippen LogP contribution in [0.25, 0.3) is 0 Å². The quantitative estimate of drug-likeness (QED) is 0.449. The number of hydrazine groups is 1. The highest BCUT2D eigenvalue weighted by molar-refractivity contribution is 5.11. The minimum absolute atomic E-state index is 0.420. The van der Waals surface area contributed by atoms with E-state index in [1.54, 1.807) is 7.11 Å². The molecular formula is C8H16N2O. The number of hydrogen-bond donors (Lipinski definition) is 2. The first kappa shape index (κ1) is 7.53. The summed E-state index contributed by atoms with van der Waals surface area (Å²) in [4.78, 5) is 0. The van der Waals surface area contributed by atoms with Crippen LogP contribution >= 0.6 is 0 Å². The van der Waals surface area contributed by atoms with Crippen LogP contribution in [0.4, 0.5) is 0 Å². The summed E-state index contributed by atoms with van der Waals surface area (Å²) in [5, 5.41) is 0. The molecule has 2 unspecified atom stereocenters. The first-order valence-corrected chi connectivity index (χ1v) is 4.32. The molecule has 2 rings (SSSR count). The smallest absolute Gasteiger partial charge is 0.0658 e. The zero-order valence-corrected chi connectivity index (χ0v) is 6.97. The second-order valence-electron chi connectivity index (χ2n) is 3.77. The van der Waals surface area contributed by atoms with E-state index in [0.717, 1.165) is 6.42 Å². The lowest BCUT2D eigenvalue weighted by molar-refractivity contribution is -0.161. The van der Waals surface area contributed by atoms with Crippen LogP contribution in [0.15, 0.2) is 0 Å². The van der Waals surface area contributed by atoms with Gasteiger partial charge in [0.1, 0.15) is 0 Å². The highest BCUT2D eigenvalue weighted by atomic mass is 16.5. The van der Waals surface area contributed by atoms with Crippen molar-refractivity contribution in [3.05, 3.63) is 0 Å². The fourth-order valence-corrected chi connectivity index (χ4v) is 2.57. The van der Waals surface area contributed by atoms with Gasteiger partial charge in [-0.2, -0.15) is 0 Å². The van der Waals surface area contributed by atoms with E-state index in [4.69, 9.17) is 10.6 Å². The molecular weight excluding hydrogens is 140 g/mol. The molecule has 64 valence electrons. The number of ether oxygens (including phenoxy) is 1. The van der Waals surface area contributed by atoms with Crippen LogP contribution in [-0.2, 0) is 4.74 Å². The zero-order valence-electron chi connectivity index (χ0n) is 6.97. The Morgan fingerprint density at radius 1 is 1.55 bits per heavy atom. The molecule has 0 amide bonds. The minimum Gasteiger partial charge on any atom is -0.381 e. The average Bonchev–Trinajstić information content (AvgIpc) is 1.84. The Morgan fingerprint density at radius 2 is 2.27 bits per heavy atom. The summed E-state index contributed by atoms with van der Waals surface area (Å²) in [6.07, 6.45) is 5.49. The molecule has 0 saturated heterocycles. The van der Waals surface area contributed by atoms with E-state index >= 15 is 0 Å². The molecule has 11 heavy (non-hydrogen) atoms. The molecule has 2 aliphatic carbocycles. The van der Waals surface area contributed by atoms with Crippen LogP contribution in [-0.4, -0.2) is 19.3 Å². The van der Waals surface area contributed by atoms with Gasteiger partial charge in [0.05, 0.1) is 6.10 Å². The second-order valence-corrected chi connectivity index (χ2v) is 3.77. The van der Waals surface area contributed by atoms with Crippen LogP contribution in [0.3, 0.4) is 0 Å². The molecule has 0 heterocycles. The van der Waals surface area contributed by atoms with Gasteiger partial charge in [-0.1, -0.05) is 6.42 Å². The lowest BCUT2D eigenvalue weighted by atomic mass is 9.51. The van der Waals surface area contributed by atoms with E-state index in [-0.39, 0.29) is 0 Å². The van der Waals surface area contributed by atoms with Crippen LogP contribution in [0.5, 0.6) is 0 Å². The summed E-state index contributed by atoms with van der Waals surface area (Å²) in [5.41, 5.74) is 3.30. The van der Waals surface area contributed by atoms with Gasteiger partial charge >= 0.3 is 0 Å². The maximum absolute atomic E-state index is 5.43. The van der Waals surface area contributed by atoms with Gasteiger partial charge in [0.15, 0.2) is 0 Å². The van der Waals surface area contributed by atoms with Gasteiger partial charge < -0.3 is 4.74 Å². The standard InChI is InChI=1S/C8H16N2O/c1-11-7-5-6(10-9)8(7)3-2-4-8/h6-7,10H,2-5,9H2,1H3. The number of methoxy groups -OCH3 is 1. The van der Waals surface area contributed by atoms with Crippen molar-refractivity contribution < 1.29 is 4.74 Å². The highest BCUT2D eigenvalue weighted by Crippen LogP contribution is 2.56. The maximum atomic E-state index is 5.43. The Labute approximate surface area is 67.3 Å². The van der Waals surface area contributed by atoms with Gasteiger partial charge in [0.2, 0.25) is 0 Å². The van der Waals surface area contributed by atoms with Gasteiger partial charge in [0, 0.05) is 18.6 Å². The van der Waals surface area contributed by atoms with Gasteiger partial charge in [-0.3, -0.25) is 11.3 Å². The summed E-state index contributed by atoms with van der Waals surface area (Å²) in [7, 11) is 1.80. The van der Waals surface area contributed by atoms with E-state index < -0.39 is 0 Å². The van der Waals surface area contributed by atoms with Gasteiger partial charge in [-0.15, -0.1) is 0 Å². The topological polar surface area (TPSA) is 47.3 Å². The summed E-state index contributed by atoms with van der Waals surface area (Å²) in [6, 6.07) is 0.515. The highest BCUT2D eigenvalue weighted by Gasteiger charge is 2.58. The Morgan fingerprint density at radius 3 is 2.64 bits per heavy atom. The Hall–Kier alpha value is -0.120. The fourth-order valence-electron chi connectivity index (χ4n) is 2.57. The molecule has 3 heteroatoms. The fraction of sp³-hybridized carbons (Fsp3) is 1.00. The van der Waals surface area contributed by atoms with Crippen molar-refractivity contribution in [1.82, 2.24) is 5.43 Å². The van der Waals surface area contributed by atoms with E-state index in [2.05, 4.69) is 5.43 Å². The van der Waals surface area contributed by atoms with Crippen molar-refractivity contribution in [2.45, 2.75) is 37.8 Å². The summed E-state index contributed by atoms with van der Waals surface area (Å²) in [5.74, 6) is 5.43. The van der Waals surface area contributed by atoms with E-state index in [1.807, 2.05) is 0 Å². The molecule has 0 radical (unpaired) electrons. The molecule has 0 bridgehead atoms. The van der Waals surface area contributed by atoms with Crippen molar-refractivity contribution in [1.29, 1.82) is 0 Å². The number of hydrogen-bond acceptors (Lipinski definition) is 3. The van der Waals surface area contributed by atoms with Crippen molar-refractivity contribution in [3.63, 3.8) is 0 Å². The minimum atomic E-state index is 0.420. The van der Waals surface area contributed by atoms with Crippen LogP contribution in [0, 0.1) is 5.41 Å². The van der Waals surface area contributed by atoms with Crippen molar-refractivity contribution >= 4 is 0 Å². The third kappa shape index (κ3) is 0.789. The molecule has 2 atom stereocenters. The Kier molecular flexibility index (Phi) is 1.67. The molecule has 0 aliphatic heterocycles. The normalized spacial score (nSPS) is 39.8. The lowest BCUT2D eigenvalue weighted by Gasteiger charge is -2.60. The van der Waals surface area contributed by atoms with E-state index in [0.29, 0.717) is 17.6 Å². The van der Waals surface area contributed by atoms with Crippen molar-refractivity contribution in [2.24, 2.45) is 11.3 Å². The molecule has 2 saturated carbocycles. The lowest BCUT2D eigenvalue weighted by Crippen LogP contribution is -2.67.